The molecular formula is C33H44N4O7. The van der Waals surface area contributed by atoms with Gasteiger partial charge in [0.1, 0.15) is 16.9 Å². The van der Waals surface area contributed by atoms with Crippen LogP contribution in [0, 0.1) is 0 Å². The average Bonchev–Trinajstić information content (AvgIpc) is 3.33. The number of amides is 2. The highest BCUT2D eigenvalue weighted by Crippen LogP contribution is 2.41. The van der Waals surface area contributed by atoms with Crippen molar-refractivity contribution in [2.75, 3.05) is 45.9 Å². The Morgan fingerprint density at radius 2 is 1.55 bits per heavy atom. The Morgan fingerprint density at radius 3 is 2.16 bits per heavy atom. The van der Waals surface area contributed by atoms with Crippen molar-refractivity contribution in [2.45, 2.75) is 50.7 Å². The van der Waals surface area contributed by atoms with Crippen LogP contribution < -0.4 is 10.6 Å². The molecule has 1 aliphatic heterocycles. The number of benzene rings is 2. The standard InChI is InChI=1S/C33H44N4O7/c1-32(2,3)44-31(42)35-23-26(25-9-11-27(38)12-10-25)22-33(21-24-7-5-4-6-8-24,37-28(39)13-14-29(37)40)30(41)34-15-16-36-17-19-43-20-18-36/h4-14,26,38-40H,15-23H2,1-3H3,(H,34,41)(H,35,42)/t26-,33+/m0/s1. The second-order valence-corrected chi connectivity index (χ2v) is 12.2. The molecule has 0 bridgehead atoms. The highest BCUT2D eigenvalue weighted by Gasteiger charge is 2.45. The Labute approximate surface area is 258 Å². The summed E-state index contributed by atoms with van der Waals surface area (Å²) in [5.41, 5.74) is -0.683. The Bertz CT molecular complexity index is 1350. The molecule has 0 aliphatic carbocycles. The van der Waals surface area contributed by atoms with Crippen LogP contribution in [0.1, 0.15) is 44.2 Å². The first-order chi connectivity index (χ1) is 21.0. The van der Waals surface area contributed by atoms with E-state index in [1.165, 1.54) is 16.7 Å². The molecule has 0 radical (unpaired) electrons. The number of phenols is 1. The van der Waals surface area contributed by atoms with Crippen molar-refractivity contribution < 1.29 is 34.4 Å². The summed E-state index contributed by atoms with van der Waals surface area (Å²) in [6.07, 6.45) is -0.410. The van der Waals surface area contributed by atoms with Gasteiger partial charge in [-0.05, 0) is 50.5 Å². The van der Waals surface area contributed by atoms with Crippen molar-refractivity contribution in [3.8, 4) is 17.5 Å². The van der Waals surface area contributed by atoms with Gasteiger partial charge in [0, 0.05) is 57.2 Å². The van der Waals surface area contributed by atoms with Crippen LogP contribution in [0.2, 0.25) is 0 Å². The van der Waals surface area contributed by atoms with Crippen LogP contribution in [-0.2, 0) is 26.2 Å². The number of nitrogens with zero attached hydrogens (tertiary/aromatic N) is 2. The number of ether oxygens (including phenoxy) is 2. The molecule has 2 aromatic carbocycles. The van der Waals surface area contributed by atoms with Crippen LogP contribution in [0.15, 0.2) is 66.7 Å². The number of alkyl carbamates (subject to hydrolysis) is 1. The highest BCUT2D eigenvalue weighted by atomic mass is 16.6. The molecule has 1 fully saturated rings. The largest absolute Gasteiger partial charge is 0.508 e. The van der Waals surface area contributed by atoms with E-state index < -0.39 is 29.1 Å². The zero-order valence-electron chi connectivity index (χ0n) is 25.7. The summed E-state index contributed by atoms with van der Waals surface area (Å²) in [4.78, 5) is 29.4. The maximum absolute atomic E-state index is 14.5. The van der Waals surface area contributed by atoms with Crippen molar-refractivity contribution in [3.05, 3.63) is 77.9 Å². The van der Waals surface area contributed by atoms with Crippen LogP contribution in [0.25, 0.3) is 0 Å². The summed E-state index contributed by atoms with van der Waals surface area (Å²) in [7, 11) is 0. The van der Waals surface area contributed by atoms with Gasteiger partial charge in [-0.1, -0.05) is 42.5 Å². The van der Waals surface area contributed by atoms with Crippen LogP contribution >= 0.6 is 0 Å². The maximum atomic E-state index is 14.5. The minimum atomic E-state index is -1.53. The lowest BCUT2D eigenvalue weighted by molar-refractivity contribution is -0.131. The zero-order chi connectivity index (χ0) is 31.7. The number of aromatic nitrogens is 1. The molecule has 11 nitrogen and oxygen atoms in total. The van der Waals surface area contributed by atoms with E-state index in [4.69, 9.17) is 9.47 Å². The molecule has 0 saturated carbocycles. The molecule has 44 heavy (non-hydrogen) atoms. The molecule has 1 aromatic heterocycles. The van der Waals surface area contributed by atoms with E-state index in [0.29, 0.717) is 26.3 Å². The Hall–Kier alpha value is -4.22. The van der Waals surface area contributed by atoms with Gasteiger partial charge in [-0.3, -0.25) is 14.3 Å². The van der Waals surface area contributed by atoms with Crippen molar-refractivity contribution in [1.82, 2.24) is 20.1 Å². The van der Waals surface area contributed by atoms with E-state index in [1.54, 1.807) is 45.0 Å². The molecule has 3 aromatic rings. The topological polar surface area (TPSA) is 146 Å². The monoisotopic (exact) mass is 608 g/mol. The minimum Gasteiger partial charge on any atom is -0.508 e. The lowest BCUT2D eigenvalue weighted by Gasteiger charge is -2.38. The summed E-state index contributed by atoms with van der Waals surface area (Å²) >= 11 is 0. The number of hydrogen-bond donors (Lipinski definition) is 5. The normalized spacial score (nSPS) is 16.1. The van der Waals surface area contributed by atoms with E-state index in [0.717, 1.165) is 24.2 Å². The summed E-state index contributed by atoms with van der Waals surface area (Å²) in [5, 5.41) is 38.0. The van der Waals surface area contributed by atoms with Crippen molar-refractivity contribution in [1.29, 1.82) is 0 Å². The number of nitrogens with one attached hydrogen (secondary N) is 2. The van der Waals surface area contributed by atoms with Crippen LogP contribution in [0.5, 0.6) is 17.5 Å². The van der Waals surface area contributed by atoms with Gasteiger partial charge < -0.3 is 35.4 Å². The average molecular weight is 609 g/mol. The molecule has 2 atom stereocenters. The van der Waals surface area contributed by atoms with Crippen molar-refractivity contribution in [3.63, 3.8) is 0 Å². The molecule has 11 heteroatoms. The Morgan fingerprint density at radius 1 is 0.909 bits per heavy atom. The quantitative estimate of drug-likeness (QED) is 0.209. The predicted molar refractivity (Wildman–Crippen MR) is 166 cm³/mol. The zero-order valence-corrected chi connectivity index (χ0v) is 25.7. The fourth-order valence-electron chi connectivity index (χ4n) is 5.60. The number of aromatic hydroxyl groups is 3. The first-order valence-corrected chi connectivity index (χ1v) is 14.9. The van der Waals surface area contributed by atoms with Gasteiger partial charge in [0.05, 0.1) is 13.2 Å². The lowest BCUT2D eigenvalue weighted by atomic mass is 9.78. The smallest absolute Gasteiger partial charge is 0.407 e. The number of hydrogen-bond acceptors (Lipinski definition) is 8. The summed E-state index contributed by atoms with van der Waals surface area (Å²) in [5.74, 6) is -1.36. The van der Waals surface area contributed by atoms with Gasteiger partial charge in [0.25, 0.3) is 0 Å². The molecule has 1 aliphatic rings. The minimum absolute atomic E-state index is 0.0711. The fraction of sp³-hybridized carbons (Fsp3) is 0.455. The third-order valence-electron chi connectivity index (χ3n) is 7.69. The molecule has 0 spiro atoms. The number of morpholine rings is 1. The molecule has 2 amide bonds. The van der Waals surface area contributed by atoms with E-state index in [-0.39, 0.29) is 36.9 Å². The first kappa shape index (κ1) is 32.7. The SMILES string of the molecule is CC(C)(C)OC(=O)NC[C@H](C[C@](Cc1ccccc1)(C(=O)NCCN1CCOCC1)n1c(O)ccc1O)c1ccc(O)cc1. The fourth-order valence-corrected chi connectivity index (χ4v) is 5.60. The van der Waals surface area contributed by atoms with Gasteiger partial charge in [-0.15, -0.1) is 0 Å². The number of carbonyl (C=O) groups is 2. The Kier molecular flexibility index (Phi) is 10.8. The van der Waals surface area contributed by atoms with Gasteiger partial charge in [-0.2, -0.15) is 0 Å². The van der Waals surface area contributed by atoms with Gasteiger partial charge in [0.15, 0.2) is 11.8 Å². The van der Waals surface area contributed by atoms with Gasteiger partial charge in [-0.25, -0.2) is 4.79 Å². The summed E-state index contributed by atoms with van der Waals surface area (Å²) in [6, 6.07) is 18.6. The van der Waals surface area contributed by atoms with E-state index >= 15 is 0 Å². The summed E-state index contributed by atoms with van der Waals surface area (Å²) in [6.45, 7) is 9.16. The van der Waals surface area contributed by atoms with Crippen molar-refractivity contribution >= 4 is 12.0 Å². The van der Waals surface area contributed by atoms with Crippen LogP contribution in [-0.4, -0.2) is 88.3 Å². The molecule has 0 unspecified atom stereocenters. The molecule has 238 valence electrons. The van der Waals surface area contributed by atoms with Crippen LogP contribution in [0.4, 0.5) is 4.79 Å². The number of rotatable bonds is 12. The molecule has 2 heterocycles. The first-order valence-electron chi connectivity index (χ1n) is 14.9. The van der Waals surface area contributed by atoms with E-state index in [2.05, 4.69) is 15.5 Å². The van der Waals surface area contributed by atoms with Crippen molar-refractivity contribution in [2.24, 2.45) is 0 Å². The third-order valence-corrected chi connectivity index (χ3v) is 7.69. The van der Waals surface area contributed by atoms with Gasteiger partial charge >= 0.3 is 6.09 Å². The molecular weight excluding hydrogens is 564 g/mol. The number of phenolic OH excluding ortho intramolecular Hbond substituents is 1. The Balaban J connectivity index is 1.74. The van der Waals surface area contributed by atoms with Gasteiger partial charge in [0.2, 0.25) is 5.91 Å². The molecule has 4 rings (SSSR count). The molecule has 5 N–H and O–H groups in total. The van der Waals surface area contributed by atoms with Crippen LogP contribution in [0.3, 0.4) is 0 Å². The molecule has 1 saturated heterocycles. The lowest BCUT2D eigenvalue weighted by Crippen LogP contribution is -2.53. The second kappa shape index (κ2) is 14.5. The maximum Gasteiger partial charge on any atom is 0.407 e. The number of carbonyl (C=O) groups excluding carboxylic acids is 2. The summed E-state index contributed by atoms with van der Waals surface area (Å²) < 4.78 is 12.2. The highest BCUT2D eigenvalue weighted by molar-refractivity contribution is 5.85. The second-order valence-electron chi connectivity index (χ2n) is 12.2. The third kappa shape index (κ3) is 8.67. The van der Waals surface area contributed by atoms with E-state index in [9.17, 15) is 24.9 Å². The van der Waals surface area contributed by atoms with E-state index in [1.807, 2.05) is 30.3 Å². The predicted octanol–water partition coefficient (Wildman–Crippen LogP) is 3.69.